The van der Waals surface area contributed by atoms with Crippen LogP contribution in [-0.2, 0) is 4.79 Å². The van der Waals surface area contributed by atoms with Gasteiger partial charge in [-0.3, -0.25) is 14.9 Å². The molecule has 1 heterocycles. The number of carbonyl (C=O) groups excluding carboxylic acids is 1. The summed E-state index contributed by atoms with van der Waals surface area (Å²) < 4.78 is 0. The van der Waals surface area contributed by atoms with Crippen LogP contribution in [0.5, 0.6) is 0 Å². The Kier molecular flexibility index (Phi) is 3.99. The molecule has 19 heavy (non-hydrogen) atoms. The predicted molar refractivity (Wildman–Crippen MR) is 72.1 cm³/mol. The lowest BCUT2D eigenvalue weighted by molar-refractivity contribution is -0.384. The maximum atomic E-state index is 11.9. The van der Waals surface area contributed by atoms with Crippen molar-refractivity contribution in [3.63, 3.8) is 0 Å². The molecule has 0 radical (unpaired) electrons. The van der Waals surface area contributed by atoms with Gasteiger partial charge in [-0.2, -0.15) is 0 Å². The number of nitrogens with zero attached hydrogens (tertiary/aromatic N) is 2. The minimum atomic E-state index is -0.428. The van der Waals surface area contributed by atoms with Crippen LogP contribution in [0.25, 0.3) is 0 Å². The van der Waals surface area contributed by atoms with Gasteiger partial charge in [-0.15, -0.1) is 0 Å². The topological polar surface area (TPSA) is 75.5 Å². The first-order chi connectivity index (χ1) is 9.09. The predicted octanol–water partition coefficient (Wildman–Crippen LogP) is 1.70. The Morgan fingerprint density at radius 1 is 1.32 bits per heavy atom. The molecule has 1 N–H and O–H groups in total. The fraction of sp³-hybridized carbons (Fsp3) is 0.462. The van der Waals surface area contributed by atoms with Crippen LogP contribution in [0.15, 0.2) is 24.3 Å². The van der Waals surface area contributed by atoms with E-state index in [-0.39, 0.29) is 17.6 Å². The Balaban J connectivity index is 2.15. The molecule has 1 amide bonds. The third-order valence-electron chi connectivity index (χ3n) is 3.44. The zero-order valence-corrected chi connectivity index (χ0v) is 10.8. The van der Waals surface area contributed by atoms with Crippen molar-refractivity contribution in [1.82, 2.24) is 5.32 Å². The van der Waals surface area contributed by atoms with E-state index in [2.05, 4.69) is 5.32 Å². The quantitative estimate of drug-likeness (QED) is 0.665. The largest absolute Gasteiger partial charge is 0.363 e. The van der Waals surface area contributed by atoms with Crippen LogP contribution in [-0.4, -0.2) is 30.5 Å². The first-order valence-electron chi connectivity index (χ1n) is 6.34. The van der Waals surface area contributed by atoms with Crippen LogP contribution < -0.4 is 10.2 Å². The summed E-state index contributed by atoms with van der Waals surface area (Å²) in [4.78, 5) is 24.0. The van der Waals surface area contributed by atoms with Crippen molar-refractivity contribution in [2.24, 2.45) is 0 Å². The third kappa shape index (κ3) is 3.01. The average molecular weight is 263 g/mol. The second-order valence-corrected chi connectivity index (χ2v) is 4.69. The molecule has 1 fully saturated rings. The molecule has 1 saturated heterocycles. The van der Waals surface area contributed by atoms with Crippen molar-refractivity contribution >= 4 is 17.3 Å². The molecule has 0 aliphatic carbocycles. The Morgan fingerprint density at radius 3 is 2.63 bits per heavy atom. The average Bonchev–Trinajstić information content (AvgIpc) is 2.63. The molecule has 6 nitrogen and oxygen atoms in total. The highest BCUT2D eigenvalue weighted by molar-refractivity contribution is 5.85. The number of nitrogens with one attached hydrogen (secondary N) is 1. The van der Waals surface area contributed by atoms with Crippen LogP contribution >= 0.6 is 0 Å². The molecule has 2 rings (SSSR count). The maximum Gasteiger partial charge on any atom is 0.269 e. The smallest absolute Gasteiger partial charge is 0.269 e. The van der Waals surface area contributed by atoms with Gasteiger partial charge >= 0.3 is 0 Å². The van der Waals surface area contributed by atoms with Crippen molar-refractivity contribution in [2.75, 3.05) is 18.5 Å². The minimum Gasteiger partial charge on any atom is -0.363 e. The number of benzene rings is 1. The van der Waals surface area contributed by atoms with Crippen LogP contribution in [0.3, 0.4) is 0 Å². The van der Waals surface area contributed by atoms with Gasteiger partial charge in [-0.1, -0.05) is 0 Å². The monoisotopic (exact) mass is 263 g/mol. The van der Waals surface area contributed by atoms with E-state index in [0.717, 1.165) is 31.5 Å². The van der Waals surface area contributed by atoms with E-state index < -0.39 is 4.92 Å². The van der Waals surface area contributed by atoms with E-state index in [0.29, 0.717) is 0 Å². The number of non-ortho nitro benzene ring substituents is 1. The van der Waals surface area contributed by atoms with E-state index in [1.54, 1.807) is 12.1 Å². The van der Waals surface area contributed by atoms with E-state index in [1.807, 2.05) is 11.9 Å². The second-order valence-electron chi connectivity index (χ2n) is 4.69. The van der Waals surface area contributed by atoms with Gasteiger partial charge < -0.3 is 10.2 Å². The van der Waals surface area contributed by atoms with Crippen LogP contribution in [0.2, 0.25) is 0 Å². The molecule has 0 spiro atoms. The van der Waals surface area contributed by atoms with Gasteiger partial charge in [0.05, 0.1) is 4.92 Å². The number of hydrogen-bond donors (Lipinski definition) is 1. The van der Waals surface area contributed by atoms with Gasteiger partial charge in [0.25, 0.3) is 5.69 Å². The molecule has 0 bridgehead atoms. The zero-order valence-electron chi connectivity index (χ0n) is 10.8. The number of carbonyl (C=O) groups is 1. The molecule has 1 aliphatic heterocycles. The first-order valence-corrected chi connectivity index (χ1v) is 6.34. The number of anilines is 1. The Hall–Kier alpha value is -2.11. The molecule has 1 aromatic carbocycles. The van der Waals surface area contributed by atoms with Gasteiger partial charge in [0.15, 0.2) is 0 Å². The van der Waals surface area contributed by atoms with Crippen LogP contribution in [0.1, 0.15) is 19.3 Å². The molecular weight excluding hydrogens is 246 g/mol. The van der Waals surface area contributed by atoms with Crippen molar-refractivity contribution in [3.05, 3.63) is 34.4 Å². The summed E-state index contributed by atoms with van der Waals surface area (Å²) in [7, 11) is 1.84. The van der Waals surface area contributed by atoms with E-state index in [9.17, 15) is 14.9 Å². The highest BCUT2D eigenvalue weighted by atomic mass is 16.6. The second kappa shape index (κ2) is 5.69. The number of nitro benzene ring substituents is 1. The Labute approximate surface area is 111 Å². The van der Waals surface area contributed by atoms with Crippen molar-refractivity contribution in [2.45, 2.75) is 25.3 Å². The van der Waals surface area contributed by atoms with Crippen molar-refractivity contribution in [3.8, 4) is 0 Å². The summed E-state index contributed by atoms with van der Waals surface area (Å²) in [6, 6.07) is 6.07. The minimum absolute atomic E-state index is 0.0263. The summed E-state index contributed by atoms with van der Waals surface area (Å²) in [6.07, 6.45) is 2.80. The van der Waals surface area contributed by atoms with E-state index >= 15 is 0 Å². The molecule has 102 valence electrons. The van der Waals surface area contributed by atoms with Crippen molar-refractivity contribution in [1.29, 1.82) is 0 Å². The van der Waals surface area contributed by atoms with Crippen molar-refractivity contribution < 1.29 is 9.72 Å². The molecule has 1 aromatic rings. The summed E-state index contributed by atoms with van der Waals surface area (Å²) in [6.45, 7) is 0.726. The summed E-state index contributed by atoms with van der Waals surface area (Å²) in [5, 5.41) is 13.5. The fourth-order valence-corrected chi connectivity index (χ4v) is 2.28. The molecule has 0 aromatic heterocycles. The number of amides is 1. The standard InChI is InChI=1S/C13H17N3O3/c1-15(12-4-2-3-9-14-13(12)17)10-5-7-11(8-6-10)16(18)19/h5-8,12H,2-4,9H2,1H3,(H,14,17). The molecule has 0 saturated carbocycles. The molecule has 6 heteroatoms. The lowest BCUT2D eigenvalue weighted by atomic mass is 10.1. The summed E-state index contributed by atoms with van der Waals surface area (Å²) >= 11 is 0. The third-order valence-corrected chi connectivity index (χ3v) is 3.44. The number of nitro groups is 1. The van der Waals surface area contributed by atoms with Crippen LogP contribution in [0, 0.1) is 10.1 Å². The highest BCUT2D eigenvalue weighted by Gasteiger charge is 2.25. The lowest BCUT2D eigenvalue weighted by Crippen LogP contribution is -2.44. The Morgan fingerprint density at radius 2 is 2.00 bits per heavy atom. The van der Waals surface area contributed by atoms with Crippen LogP contribution in [0.4, 0.5) is 11.4 Å². The van der Waals surface area contributed by atoms with E-state index in [4.69, 9.17) is 0 Å². The summed E-state index contributed by atoms with van der Waals surface area (Å²) in [5.41, 5.74) is 0.870. The van der Waals surface area contributed by atoms with Gasteiger partial charge in [-0.25, -0.2) is 0 Å². The summed E-state index contributed by atoms with van der Waals surface area (Å²) in [5.74, 6) is 0.0263. The lowest BCUT2D eigenvalue weighted by Gasteiger charge is -2.27. The molecule has 1 unspecified atom stereocenters. The first kappa shape index (κ1) is 13.3. The van der Waals surface area contributed by atoms with E-state index in [1.165, 1.54) is 12.1 Å². The highest BCUT2D eigenvalue weighted by Crippen LogP contribution is 2.22. The number of hydrogen-bond acceptors (Lipinski definition) is 4. The number of likely N-dealkylation sites (N-methyl/N-ethyl adjacent to an activating group) is 1. The fourth-order valence-electron chi connectivity index (χ4n) is 2.28. The Bertz CT molecular complexity index is 473. The van der Waals surface area contributed by atoms with Gasteiger partial charge in [0.2, 0.25) is 5.91 Å². The molecule has 1 atom stereocenters. The molecule has 1 aliphatic rings. The van der Waals surface area contributed by atoms with Gasteiger partial charge in [0.1, 0.15) is 6.04 Å². The SMILES string of the molecule is CN(c1ccc([N+](=O)[O-])cc1)C1CCCCNC1=O. The molecular formula is C13H17N3O3. The number of rotatable bonds is 3. The van der Waals surface area contributed by atoms with Gasteiger partial charge in [-0.05, 0) is 31.4 Å². The normalized spacial score (nSPS) is 19.4. The van der Waals surface area contributed by atoms with Gasteiger partial charge in [0, 0.05) is 31.4 Å². The maximum absolute atomic E-state index is 11.9. The zero-order chi connectivity index (χ0) is 13.8.